The van der Waals surface area contributed by atoms with Gasteiger partial charge in [0.25, 0.3) is 0 Å². The minimum absolute atomic E-state index is 0.0396. The number of amides is 2. The molecular weight excluding hydrogens is 448 g/mol. The minimum Gasteiger partial charge on any atom is -0.293 e. The van der Waals surface area contributed by atoms with Gasteiger partial charge in [0.1, 0.15) is 5.82 Å². The first-order valence-corrected chi connectivity index (χ1v) is 12.8. The van der Waals surface area contributed by atoms with Crippen molar-refractivity contribution in [2.45, 2.75) is 72.3 Å². The van der Waals surface area contributed by atoms with Gasteiger partial charge in [0.05, 0.1) is 16.5 Å². The second-order valence-corrected chi connectivity index (χ2v) is 11.5. The second-order valence-electron chi connectivity index (χ2n) is 11.5. The van der Waals surface area contributed by atoms with Crippen LogP contribution in [0, 0.1) is 19.3 Å². The summed E-state index contributed by atoms with van der Waals surface area (Å²) in [7, 11) is 0. The number of rotatable bonds is 3. The highest BCUT2D eigenvalue weighted by atomic mass is 16.2. The number of nitrogens with zero attached hydrogens (tertiary/aromatic N) is 4. The van der Waals surface area contributed by atoms with Crippen molar-refractivity contribution in [3.8, 4) is 11.1 Å². The van der Waals surface area contributed by atoms with Crippen LogP contribution in [0.5, 0.6) is 0 Å². The van der Waals surface area contributed by atoms with Gasteiger partial charge in [0.2, 0.25) is 11.8 Å². The third-order valence-electron chi connectivity index (χ3n) is 8.24. The number of aryl methyl sites for hydroxylation is 2. The van der Waals surface area contributed by atoms with Crippen LogP contribution in [-0.2, 0) is 15.0 Å². The van der Waals surface area contributed by atoms with Gasteiger partial charge in [-0.1, -0.05) is 12.1 Å². The standard InChI is InChI=1S/C30H32N4O2/c1-17-13-20(16-32-18(17)2)19-7-10-23-25(14-19)33(27(35)29(23,3)4)22-11-12-31-26-24(15-22)30(5,6)28(36)34(26)21-8-9-21/h7,10,12-16,21H,8-9,11H2,1-6H3. The van der Waals surface area contributed by atoms with Crippen LogP contribution < -0.4 is 4.90 Å². The van der Waals surface area contributed by atoms with E-state index in [-0.39, 0.29) is 17.9 Å². The summed E-state index contributed by atoms with van der Waals surface area (Å²) in [5.74, 6) is 0.893. The molecule has 6 heteroatoms. The summed E-state index contributed by atoms with van der Waals surface area (Å²) in [6.45, 7) is 12.0. The summed E-state index contributed by atoms with van der Waals surface area (Å²) in [4.78, 5) is 40.3. The second kappa shape index (κ2) is 7.48. The number of carbonyl (C=O) groups excluding carboxylic acids is 2. The van der Waals surface area contributed by atoms with E-state index in [1.165, 1.54) is 0 Å². The molecular formula is C30H32N4O2. The van der Waals surface area contributed by atoms with Crippen molar-refractivity contribution in [1.29, 1.82) is 0 Å². The molecule has 4 heterocycles. The van der Waals surface area contributed by atoms with Crippen LogP contribution in [0.3, 0.4) is 0 Å². The molecule has 4 aliphatic rings. The number of fused-ring (bicyclic) bond motifs is 1. The third-order valence-corrected chi connectivity index (χ3v) is 8.24. The van der Waals surface area contributed by atoms with Crippen molar-refractivity contribution in [3.63, 3.8) is 0 Å². The maximum Gasteiger partial charge on any atom is 0.241 e. The van der Waals surface area contributed by atoms with Gasteiger partial charge < -0.3 is 0 Å². The SMILES string of the molecule is Cc1cc(-c2ccc3c(c2)N(C2=CC4=C(N=CC2)N(C2CC2)C(=O)C4(C)C)C(=O)C3(C)C)cnc1C. The van der Waals surface area contributed by atoms with Crippen molar-refractivity contribution in [2.75, 3.05) is 4.90 Å². The Morgan fingerprint density at radius 3 is 2.39 bits per heavy atom. The normalized spacial score (nSPS) is 22.1. The Hall–Kier alpha value is -3.54. The summed E-state index contributed by atoms with van der Waals surface area (Å²) in [5.41, 5.74) is 6.52. The molecule has 3 aliphatic heterocycles. The molecule has 6 nitrogen and oxygen atoms in total. The quantitative estimate of drug-likeness (QED) is 0.575. The van der Waals surface area contributed by atoms with Crippen molar-refractivity contribution in [3.05, 3.63) is 70.5 Å². The molecule has 0 N–H and O–H groups in total. The van der Waals surface area contributed by atoms with E-state index >= 15 is 0 Å². The predicted molar refractivity (Wildman–Crippen MR) is 142 cm³/mol. The number of anilines is 1. The fourth-order valence-corrected chi connectivity index (χ4v) is 5.59. The molecule has 1 saturated carbocycles. The molecule has 184 valence electrons. The van der Waals surface area contributed by atoms with E-state index in [0.717, 1.165) is 63.6 Å². The molecule has 0 radical (unpaired) electrons. The lowest BCUT2D eigenvalue weighted by atomic mass is 9.85. The lowest BCUT2D eigenvalue weighted by molar-refractivity contribution is -0.134. The highest BCUT2D eigenvalue weighted by Crippen LogP contribution is 2.50. The van der Waals surface area contributed by atoms with Crippen molar-refractivity contribution < 1.29 is 9.59 Å². The lowest BCUT2D eigenvalue weighted by Gasteiger charge is -2.25. The first-order valence-electron chi connectivity index (χ1n) is 12.8. The van der Waals surface area contributed by atoms with E-state index in [2.05, 4.69) is 42.2 Å². The van der Waals surface area contributed by atoms with Crippen molar-refractivity contribution in [1.82, 2.24) is 9.88 Å². The maximum absolute atomic E-state index is 13.9. The van der Waals surface area contributed by atoms with Crippen LogP contribution in [0.1, 0.15) is 63.8 Å². The fourth-order valence-electron chi connectivity index (χ4n) is 5.59. The van der Waals surface area contributed by atoms with Crippen LogP contribution in [0.4, 0.5) is 5.69 Å². The zero-order chi connectivity index (χ0) is 25.6. The molecule has 1 fully saturated rings. The number of benzene rings is 1. The zero-order valence-corrected chi connectivity index (χ0v) is 21.8. The Morgan fingerprint density at radius 2 is 1.69 bits per heavy atom. The van der Waals surface area contributed by atoms with Gasteiger partial charge in [0, 0.05) is 47.4 Å². The first kappa shape index (κ1) is 22.9. The molecule has 1 aromatic heterocycles. The molecule has 2 aromatic rings. The summed E-state index contributed by atoms with van der Waals surface area (Å²) in [6, 6.07) is 8.65. The van der Waals surface area contributed by atoms with Crippen LogP contribution in [0.25, 0.3) is 11.1 Å². The highest BCUT2D eigenvalue weighted by molar-refractivity contribution is 6.11. The van der Waals surface area contributed by atoms with Gasteiger partial charge in [-0.2, -0.15) is 0 Å². The summed E-state index contributed by atoms with van der Waals surface area (Å²) >= 11 is 0. The van der Waals surface area contributed by atoms with Crippen LogP contribution >= 0.6 is 0 Å². The Kier molecular flexibility index (Phi) is 4.76. The average Bonchev–Trinajstić information content (AvgIpc) is 3.64. The molecule has 0 bridgehead atoms. The molecule has 2 amide bonds. The molecule has 1 aliphatic carbocycles. The van der Waals surface area contributed by atoms with E-state index in [0.29, 0.717) is 6.42 Å². The zero-order valence-electron chi connectivity index (χ0n) is 21.8. The summed E-state index contributed by atoms with van der Waals surface area (Å²) in [6.07, 6.45) is 8.36. The Balaban J connectivity index is 1.49. The maximum atomic E-state index is 13.9. The smallest absolute Gasteiger partial charge is 0.241 e. The van der Waals surface area contributed by atoms with Crippen molar-refractivity contribution in [2.24, 2.45) is 10.4 Å². The number of hydrogen-bond donors (Lipinski definition) is 0. The molecule has 36 heavy (non-hydrogen) atoms. The molecule has 0 unspecified atom stereocenters. The van der Waals surface area contributed by atoms with Gasteiger partial charge in [-0.15, -0.1) is 0 Å². The van der Waals surface area contributed by atoms with Crippen LogP contribution in [0.2, 0.25) is 0 Å². The summed E-state index contributed by atoms with van der Waals surface area (Å²) in [5, 5.41) is 0. The molecule has 1 aromatic carbocycles. The molecule has 0 saturated heterocycles. The number of aromatic nitrogens is 1. The average molecular weight is 481 g/mol. The van der Waals surface area contributed by atoms with E-state index in [4.69, 9.17) is 4.99 Å². The van der Waals surface area contributed by atoms with E-state index in [1.54, 1.807) is 0 Å². The summed E-state index contributed by atoms with van der Waals surface area (Å²) < 4.78 is 0. The number of pyridine rings is 1. The minimum atomic E-state index is -0.682. The number of aliphatic imine (C=N–C) groups is 1. The van der Waals surface area contributed by atoms with Gasteiger partial charge in [-0.25, -0.2) is 4.99 Å². The van der Waals surface area contributed by atoms with Gasteiger partial charge in [-0.3, -0.25) is 24.4 Å². The van der Waals surface area contributed by atoms with E-state index < -0.39 is 10.8 Å². The topological polar surface area (TPSA) is 65.9 Å². The van der Waals surface area contributed by atoms with Crippen LogP contribution in [-0.4, -0.2) is 34.0 Å². The molecule has 0 spiro atoms. The van der Waals surface area contributed by atoms with E-state index in [9.17, 15) is 9.59 Å². The Labute approximate surface area is 212 Å². The van der Waals surface area contributed by atoms with E-state index in [1.807, 2.05) is 56.8 Å². The van der Waals surface area contributed by atoms with Gasteiger partial charge >= 0.3 is 0 Å². The predicted octanol–water partition coefficient (Wildman–Crippen LogP) is 5.59. The first-order chi connectivity index (χ1) is 17.0. The Morgan fingerprint density at radius 1 is 0.944 bits per heavy atom. The number of hydrogen-bond acceptors (Lipinski definition) is 4. The molecule has 0 atom stereocenters. The molecule has 6 rings (SSSR count). The fraction of sp³-hybridized carbons (Fsp3) is 0.400. The third kappa shape index (κ3) is 3.16. The van der Waals surface area contributed by atoms with Gasteiger partial charge in [0.15, 0.2) is 0 Å². The Bertz CT molecular complexity index is 1440. The highest BCUT2D eigenvalue weighted by Gasteiger charge is 2.51. The van der Waals surface area contributed by atoms with Crippen molar-refractivity contribution >= 4 is 23.7 Å². The largest absolute Gasteiger partial charge is 0.293 e. The van der Waals surface area contributed by atoms with Gasteiger partial charge in [-0.05, 0) is 89.3 Å². The number of carbonyl (C=O) groups is 2. The van der Waals surface area contributed by atoms with Crippen LogP contribution in [0.15, 0.2) is 58.6 Å². The lowest BCUT2D eigenvalue weighted by Crippen LogP contribution is -2.36. The monoisotopic (exact) mass is 480 g/mol. The number of allylic oxidation sites excluding steroid dienone is 2.